The molecule has 2 aliphatic rings. The highest BCUT2D eigenvalue weighted by molar-refractivity contribution is 6.21. The zero-order valence-corrected chi connectivity index (χ0v) is 18.6. The highest BCUT2D eigenvalue weighted by Gasteiger charge is 2.35. The number of hydrogen-bond acceptors (Lipinski definition) is 5. The van der Waals surface area contributed by atoms with Crippen molar-refractivity contribution >= 4 is 17.7 Å². The van der Waals surface area contributed by atoms with Crippen molar-refractivity contribution in [1.82, 2.24) is 15.1 Å². The predicted molar refractivity (Wildman–Crippen MR) is 121 cm³/mol. The van der Waals surface area contributed by atoms with E-state index in [4.69, 9.17) is 4.74 Å². The van der Waals surface area contributed by atoms with E-state index < -0.39 is 0 Å². The summed E-state index contributed by atoms with van der Waals surface area (Å²) in [6, 6.07) is 13.1. The molecule has 0 aliphatic carbocycles. The van der Waals surface area contributed by atoms with Gasteiger partial charge in [0.25, 0.3) is 11.8 Å². The summed E-state index contributed by atoms with van der Waals surface area (Å²) < 4.78 is 5.55. The minimum Gasteiger partial charge on any atom is -0.496 e. The Morgan fingerprint density at radius 3 is 2.53 bits per heavy atom. The molecule has 0 aromatic heterocycles. The topological polar surface area (TPSA) is 79.0 Å². The molecular formula is C25H29N3O4. The van der Waals surface area contributed by atoms with Crippen molar-refractivity contribution in [2.45, 2.75) is 32.2 Å². The maximum Gasteiger partial charge on any atom is 0.261 e. The first-order valence-corrected chi connectivity index (χ1v) is 11.1. The van der Waals surface area contributed by atoms with E-state index in [2.05, 4.69) is 10.2 Å². The number of imide groups is 1. The fraction of sp³-hybridized carbons (Fsp3) is 0.400. The molecule has 7 heteroatoms. The van der Waals surface area contributed by atoms with E-state index in [0.29, 0.717) is 17.7 Å². The van der Waals surface area contributed by atoms with Gasteiger partial charge in [0.2, 0.25) is 5.91 Å². The van der Waals surface area contributed by atoms with Gasteiger partial charge in [-0.3, -0.25) is 24.2 Å². The van der Waals surface area contributed by atoms with Gasteiger partial charge in [-0.25, -0.2) is 0 Å². The van der Waals surface area contributed by atoms with Gasteiger partial charge in [0.1, 0.15) is 5.75 Å². The third-order valence-corrected chi connectivity index (χ3v) is 6.26. The maximum atomic E-state index is 12.6. The Kier molecular flexibility index (Phi) is 6.55. The molecule has 2 aliphatic heterocycles. The zero-order chi connectivity index (χ0) is 22.7. The molecule has 2 aromatic rings. The van der Waals surface area contributed by atoms with Crippen LogP contribution in [0.4, 0.5) is 0 Å². The van der Waals surface area contributed by atoms with E-state index in [1.165, 1.54) is 4.90 Å². The van der Waals surface area contributed by atoms with E-state index in [9.17, 15) is 14.4 Å². The van der Waals surface area contributed by atoms with Crippen LogP contribution < -0.4 is 10.1 Å². The van der Waals surface area contributed by atoms with Gasteiger partial charge in [-0.15, -0.1) is 0 Å². The average Bonchev–Trinajstić information content (AvgIpc) is 3.40. The number of fused-ring (bicyclic) bond motifs is 1. The summed E-state index contributed by atoms with van der Waals surface area (Å²) in [5, 5.41) is 3.01. The third-order valence-electron chi connectivity index (χ3n) is 6.26. The molecule has 1 saturated heterocycles. The summed E-state index contributed by atoms with van der Waals surface area (Å²) in [5.41, 5.74) is 2.80. The van der Waals surface area contributed by atoms with Gasteiger partial charge >= 0.3 is 0 Å². The van der Waals surface area contributed by atoms with Crippen LogP contribution in [0, 0.1) is 6.92 Å². The van der Waals surface area contributed by atoms with Gasteiger partial charge in [-0.1, -0.05) is 29.8 Å². The Balaban J connectivity index is 1.38. The quantitative estimate of drug-likeness (QED) is 0.645. The normalized spacial score (nSPS) is 16.9. The molecule has 1 atom stereocenters. The number of nitrogens with one attached hydrogen (secondary N) is 1. The van der Waals surface area contributed by atoms with E-state index in [1.54, 1.807) is 19.2 Å². The first-order chi connectivity index (χ1) is 15.5. The second kappa shape index (κ2) is 9.53. The molecular weight excluding hydrogens is 406 g/mol. The molecule has 32 heavy (non-hydrogen) atoms. The van der Waals surface area contributed by atoms with E-state index in [0.717, 1.165) is 42.8 Å². The van der Waals surface area contributed by atoms with Crippen molar-refractivity contribution in [2.75, 3.05) is 33.3 Å². The lowest BCUT2D eigenvalue weighted by atomic mass is 10.0. The third kappa shape index (κ3) is 4.39. The van der Waals surface area contributed by atoms with Gasteiger partial charge in [0, 0.05) is 25.1 Å². The van der Waals surface area contributed by atoms with E-state index in [1.807, 2.05) is 37.3 Å². The number of para-hydroxylation sites is 1. The summed E-state index contributed by atoms with van der Waals surface area (Å²) in [4.78, 5) is 41.4. The van der Waals surface area contributed by atoms with E-state index >= 15 is 0 Å². The number of carbonyl (C=O) groups is 3. The number of rotatable bonds is 8. The summed E-state index contributed by atoms with van der Waals surface area (Å²) in [6.07, 6.45) is 2.35. The van der Waals surface area contributed by atoms with Crippen LogP contribution in [0.5, 0.6) is 5.75 Å². The maximum absolute atomic E-state index is 12.6. The molecule has 1 fully saturated rings. The van der Waals surface area contributed by atoms with Crippen LogP contribution >= 0.6 is 0 Å². The van der Waals surface area contributed by atoms with Gasteiger partial charge < -0.3 is 10.1 Å². The summed E-state index contributed by atoms with van der Waals surface area (Å²) in [6.45, 7) is 4.35. The molecule has 0 radical (unpaired) electrons. The lowest BCUT2D eigenvalue weighted by Gasteiger charge is -2.29. The van der Waals surface area contributed by atoms with Gasteiger partial charge in [-0.05, 0) is 51.1 Å². The predicted octanol–water partition coefficient (Wildman–Crippen LogP) is 2.94. The van der Waals surface area contributed by atoms with Crippen LogP contribution in [0.15, 0.2) is 42.5 Å². The van der Waals surface area contributed by atoms with Crippen LogP contribution in [-0.2, 0) is 4.79 Å². The van der Waals surface area contributed by atoms with Crippen molar-refractivity contribution in [3.63, 3.8) is 0 Å². The molecule has 168 valence electrons. The van der Waals surface area contributed by atoms with Crippen LogP contribution in [0.25, 0.3) is 0 Å². The van der Waals surface area contributed by atoms with Crippen molar-refractivity contribution in [2.24, 2.45) is 0 Å². The van der Waals surface area contributed by atoms with Crippen molar-refractivity contribution in [1.29, 1.82) is 0 Å². The number of hydrogen-bond donors (Lipinski definition) is 1. The number of methoxy groups -OCH3 is 1. The standard InChI is InChI=1S/C25H29N3O4/c1-17-9-10-18-20(15-17)25(31)28(24(18)30)14-11-23(29)26-16-21(27-12-5-6-13-27)19-7-3-4-8-22(19)32-2/h3-4,7-10,15,21H,5-6,11-14,16H2,1-2H3,(H,26,29). The Bertz CT molecular complexity index is 1030. The second-order valence-corrected chi connectivity index (χ2v) is 8.37. The number of carbonyl (C=O) groups excluding carboxylic acids is 3. The highest BCUT2D eigenvalue weighted by Crippen LogP contribution is 2.31. The number of ether oxygens (including phenoxy) is 1. The minimum absolute atomic E-state index is 0.0138. The molecule has 0 bridgehead atoms. The summed E-state index contributed by atoms with van der Waals surface area (Å²) in [5.74, 6) is -0.0379. The number of nitrogens with zero attached hydrogens (tertiary/aromatic N) is 2. The van der Waals surface area contributed by atoms with Gasteiger partial charge in [0.05, 0.1) is 24.3 Å². The van der Waals surface area contributed by atoms with Crippen LogP contribution in [0.3, 0.4) is 0 Å². The number of benzene rings is 2. The molecule has 4 rings (SSSR count). The molecule has 3 amide bonds. The largest absolute Gasteiger partial charge is 0.496 e. The first kappa shape index (κ1) is 22.0. The van der Waals surface area contributed by atoms with Gasteiger partial charge in [0.15, 0.2) is 0 Å². The Labute approximate surface area is 188 Å². The molecule has 2 heterocycles. The van der Waals surface area contributed by atoms with Crippen LogP contribution in [0.2, 0.25) is 0 Å². The Hall–Kier alpha value is -3.19. The smallest absolute Gasteiger partial charge is 0.261 e. The van der Waals surface area contributed by atoms with E-state index in [-0.39, 0.29) is 36.7 Å². The molecule has 1 unspecified atom stereocenters. The fourth-order valence-corrected chi connectivity index (χ4v) is 4.55. The number of amides is 3. The molecule has 1 N–H and O–H groups in total. The second-order valence-electron chi connectivity index (χ2n) is 8.37. The Morgan fingerprint density at radius 2 is 1.78 bits per heavy atom. The Morgan fingerprint density at radius 1 is 1.06 bits per heavy atom. The summed E-state index contributed by atoms with van der Waals surface area (Å²) in [7, 11) is 1.65. The molecule has 0 saturated carbocycles. The molecule has 0 spiro atoms. The van der Waals surface area contributed by atoms with Crippen molar-refractivity contribution in [3.8, 4) is 5.75 Å². The monoisotopic (exact) mass is 435 g/mol. The zero-order valence-electron chi connectivity index (χ0n) is 18.6. The van der Waals surface area contributed by atoms with Crippen LogP contribution in [-0.4, -0.2) is 60.8 Å². The highest BCUT2D eigenvalue weighted by atomic mass is 16.5. The SMILES string of the molecule is COc1ccccc1C(CNC(=O)CCN1C(=O)c2ccc(C)cc2C1=O)N1CCCC1. The molecule has 7 nitrogen and oxygen atoms in total. The van der Waals surface area contributed by atoms with Crippen molar-refractivity contribution in [3.05, 3.63) is 64.7 Å². The minimum atomic E-state index is -0.332. The lowest BCUT2D eigenvalue weighted by molar-refractivity contribution is -0.121. The first-order valence-electron chi connectivity index (χ1n) is 11.1. The number of likely N-dealkylation sites (tertiary alicyclic amines) is 1. The summed E-state index contributed by atoms with van der Waals surface area (Å²) >= 11 is 0. The van der Waals surface area contributed by atoms with Gasteiger partial charge in [-0.2, -0.15) is 0 Å². The lowest BCUT2D eigenvalue weighted by Crippen LogP contribution is -2.39. The average molecular weight is 436 g/mol. The number of aryl methyl sites for hydroxylation is 1. The molecule has 2 aromatic carbocycles. The van der Waals surface area contributed by atoms with Crippen LogP contribution in [0.1, 0.15) is 57.1 Å². The fourth-order valence-electron chi connectivity index (χ4n) is 4.55. The van der Waals surface area contributed by atoms with Crippen molar-refractivity contribution < 1.29 is 19.1 Å².